The SMILES string of the molecule is CC(C)C[C@H](NC(=O)[C@H](CC(C)C)NC(=O)[C@H](Cc1ccc(O)cc1)NC(=O)CNC(=O)[C@H](C)NC(=O)[C@H](CO)NC(=O)[C@H](CC(N)=O)NC(=O)[C@H](CC(C)C)NC(=O)[C@@H](NC(=O)[C@H](Cc1c[nH]c2ccccc12)NC(=O)CN)[C@@H](C)O)C(=O)NCC(=O)N1CCC[C@H]1C(=O)N[C@@H](CCCN)C(=O)N[C@@H](C)C(N)=O. The number of phenols is 1. The first-order valence-electron chi connectivity index (χ1n) is 36.1. The van der Waals surface area contributed by atoms with Crippen molar-refractivity contribution >= 4 is 105 Å². The number of amides is 16. The van der Waals surface area contributed by atoms with Gasteiger partial charge in [-0.1, -0.05) is 71.9 Å². The number of benzene rings is 2. The predicted octanol–water partition coefficient (Wildman–Crippen LogP) is -6.18. The van der Waals surface area contributed by atoms with Gasteiger partial charge in [0.2, 0.25) is 94.5 Å². The summed E-state index contributed by atoms with van der Waals surface area (Å²) >= 11 is 0. The van der Waals surface area contributed by atoms with Crippen molar-refractivity contribution in [2.24, 2.45) is 40.7 Å². The molecule has 1 aromatic heterocycles. The van der Waals surface area contributed by atoms with Gasteiger partial charge in [-0.05, 0) is 119 Å². The number of para-hydroxylation sites is 1. The van der Waals surface area contributed by atoms with E-state index in [1.807, 2.05) is 0 Å². The molecule has 13 atom stereocenters. The first kappa shape index (κ1) is 90.5. The van der Waals surface area contributed by atoms with E-state index in [1.165, 1.54) is 49.9 Å². The van der Waals surface area contributed by atoms with Gasteiger partial charge in [0.05, 0.1) is 38.8 Å². The Morgan fingerprint density at radius 1 is 0.523 bits per heavy atom. The summed E-state index contributed by atoms with van der Waals surface area (Å²) in [5.41, 5.74) is 23.8. The van der Waals surface area contributed by atoms with E-state index in [-0.39, 0.29) is 81.5 Å². The van der Waals surface area contributed by atoms with Crippen LogP contribution in [0.3, 0.4) is 0 Å². The van der Waals surface area contributed by atoms with Gasteiger partial charge in [-0.25, -0.2) is 0 Å². The highest BCUT2D eigenvalue weighted by Gasteiger charge is 2.40. The number of rotatable bonds is 45. The second kappa shape index (κ2) is 44.4. The van der Waals surface area contributed by atoms with E-state index in [0.29, 0.717) is 24.0 Å². The number of hydrogen-bond acceptors (Lipinski definition) is 21. The molecule has 16 amide bonds. The number of aliphatic hydroxyl groups is 2. The second-order valence-electron chi connectivity index (χ2n) is 28.2. The Bertz CT molecular complexity index is 3680. The number of aromatic nitrogens is 1. The Labute approximate surface area is 630 Å². The first-order chi connectivity index (χ1) is 51.4. The minimum atomic E-state index is -1.88. The molecule has 0 unspecified atom stereocenters. The number of aliphatic hydroxyl groups excluding tert-OH is 2. The van der Waals surface area contributed by atoms with Gasteiger partial charge in [-0.2, -0.15) is 0 Å². The standard InChI is InChI=1S/C71H109N19O19/c1-35(2)24-47(62(100)78-33-58(97)90-23-13-17-54(90)70(108)83-46(16-12-22-72)63(101)79-38(7)60(75)98)84-64(102)48(25-36(3)4)85-66(104)50(27-41-18-20-43(93)21-19-41)82-57(96)32-77-61(99)39(8)80-69(107)53(34-91)88-67(105)52(29-55(74)94)86-65(103)49(26-37(5)6)87-71(109)59(40(9)92)89-68(106)51(81-56(95)30-73)28-42-31-76-45-15-11-10-14-44(42)45/h10-11,14-15,18-21,31,35-40,46-54,59,76,91-93H,12-13,16-17,22-30,32-34,72-73H2,1-9H3,(H2,74,94)(H2,75,98)(H,77,99)(H,78,100)(H,79,101)(H,80,107)(H,81,95)(H,82,96)(H,83,108)(H,84,102)(H,85,104)(H,86,103)(H,87,109)(H,88,105)(H,89,106)/t38-,39-,40+,46-,47-,48-,49-,50-,51-,52-,53-,54-,59-/m0/s1. The van der Waals surface area contributed by atoms with Gasteiger partial charge < -0.3 is 117 Å². The van der Waals surface area contributed by atoms with Crippen LogP contribution in [0.5, 0.6) is 5.75 Å². The maximum atomic E-state index is 14.4. The largest absolute Gasteiger partial charge is 0.508 e. The van der Waals surface area contributed by atoms with E-state index in [1.54, 1.807) is 72.0 Å². The van der Waals surface area contributed by atoms with Crippen molar-refractivity contribution in [3.8, 4) is 5.75 Å². The van der Waals surface area contributed by atoms with Crippen LogP contribution < -0.4 is 92.1 Å². The molecule has 38 heteroatoms. The normalized spacial score (nSPS) is 16.0. The average molecular weight is 1530 g/mol. The number of carbonyl (C=O) groups excluding carboxylic acids is 16. The number of aromatic amines is 1. The molecular weight excluding hydrogens is 1420 g/mol. The number of nitrogens with two attached hydrogens (primary N) is 4. The number of nitrogens with zero attached hydrogens (tertiary/aromatic N) is 1. The number of carbonyl (C=O) groups is 16. The van der Waals surface area contributed by atoms with E-state index in [4.69, 9.17) is 22.9 Å². The fourth-order valence-electron chi connectivity index (χ4n) is 11.7. The maximum absolute atomic E-state index is 14.4. The van der Waals surface area contributed by atoms with Crippen molar-refractivity contribution in [1.82, 2.24) is 79.0 Å². The lowest BCUT2D eigenvalue weighted by Crippen LogP contribution is -2.62. The number of H-pyrrole nitrogens is 1. The number of primary amides is 2. The highest BCUT2D eigenvalue weighted by molar-refractivity contribution is 6.01. The van der Waals surface area contributed by atoms with Crippen LogP contribution in [-0.4, -0.2) is 238 Å². The predicted molar refractivity (Wildman–Crippen MR) is 395 cm³/mol. The molecule has 0 bridgehead atoms. The molecule has 0 aliphatic carbocycles. The molecule has 38 nitrogen and oxygen atoms in total. The van der Waals surface area contributed by atoms with Gasteiger partial charge in [-0.3, -0.25) is 76.7 Å². The lowest BCUT2D eigenvalue weighted by molar-refractivity contribution is -0.140. The topological polar surface area (TPSA) is 613 Å². The molecule has 0 saturated carbocycles. The number of hydrogen-bond donors (Lipinski definition) is 21. The third kappa shape index (κ3) is 30.0. The lowest BCUT2D eigenvalue weighted by atomic mass is 9.99. The molecule has 1 aliphatic rings. The maximum Gasteiger partial charge on any atom is 0.245 e. The summed E-state index contributed by atoms with van der Waals surface area (Å²) in [6, 6.07) is -4.38. The number of phenolic OH excluding ortho intramolecular Hbond substituents is 1. The van der Waals surface area contributed by atoms with E-state index < -0.39 is 206 Å². The van der Waals surface area contributed by atoms with Crippen LogP contribution in [0, 0.1) is 17.8 Å². The van der Waals surface area contributed by atoms with Crippen molar-refractivity contribution in [2.45, 2.75) is 205 Å². The third-order valence-electron chi connectivity index (χ3n) is 17.5. The van der Waals surface area contributed by atoms with Crippen LogP contribution in [0.15, 0.2) is 54.7 Å². The Balaban J connectivity index is 1.41. The van der Waals surface area contributed by atoms with Gasteiger partial charge in [-0.15, -0.1) is 0 Å². The summed E-state index contributed by atoms with van der Waals surface area (Å²) in [6.45, 7) is 11.5. The molecular formula is C71H109N19O19. The number of aromatic hydroxyl groups is 1. The molecule has 4 rings (SSSR count). The van der Waals surface area contributed by atoms with E-state index in [9.17, 15) is 92.0 Å². The number of likely N-dealkylation sites (tertiary alicyclic amines) is 1. The molecule has 0 radical (unpaired) electrons. The summed E-state index contributed by atoms with van der Waals surface area (Å²) in [4.78, 5) is 220. The van der Waals surface area contributed by atoms with Gasteiger partial charge in [0.25, 0.3) is 0 Å². The first-order valence-corrected chi connectivity index (χ1v) is 36.1. The van der Waals surface area contributed by atoms with Crippen LogP contribution in [0.4, 0.5) is 0 Å². The molecule has 1 saturated heterocycles. The zero-order valence-corrected chi connectivity index (χ0v) is 62.9. The number of fused-ring (bicyclic) bond motifs is 1. The zero-order valence-electron chi connectivity index (χ0n) is 62.9. The van der Waals surface area contributed by atoms with Gasteiger partial charge in [0.1, 0.15) is 78.3 Å². The van der Waals surface area contributed by atoms with Crippen LogP contribution >= 0.6 is 0 Å². The average Bonchev–Trinajstić information content (AvgIpc) is 1.71. The molecule has 1 fully saturated rings. The number of nitrogens with one attached hydrogen (secondary N) is 14. The minimum Gasteiger partial charge on any atom is -0.508 e. The molecule has 2 heterocycles. The smallest absolute Gasteiger partial charge is 0.245 e. The van der Waals surface area contributed by atoms with Crippen molar-refractivity contribution < 1.29 is 92.0 Å². The second-order valence-corrected chi connectivity index (χ2v) is 28.2. The summed E-state index contributed by atoms with van der Waals surface area (Å²) in [5.74, 6) is -15.5. The fraction of sp³-hybridized carbons (Fsp3) is 0.577. The van der Waals surface area contributed by atoms with Crippen molar-refractivity contribution in [3.05, 3.63) is 65.9 Å². The van der Waals surface area contributed by atoms with Gasteiger partial charge >= 0.3 is 0 Å². The van der Waals surface area contributed by atoms with E-state index in [0.717, 1.165) is 10.9 Å². The van der Waals surface area contributed by atoms with Gasteiger partial charge in [0.15, 0.2) is 0 Å². The molecule has 1 aliphatic heterocycles. The zero-order chi connectivity index (χ0) is 81.5. The molecule has 3 aromatic rings. The molecule has 25 N–H and O–H groups in total. The van der Waals surface area contributed by atoms with Crippen molar-refractivity contribution in [1.29, 1.82) is 0 Å². The third-order valence-corrected chi connectivity index (χ3v) is 17.5. The molecule has 602 valence electrons. The Kier molecular flexibility index (Phi) is 36.9. The van der Waals surface area contributed by atoms with Crippen LogP contribution in [0.2, 0.25) is 0 Å². The van der Waals surface area contributed by atoms with E-state index >= 15 is 0 Å². The highest BCUT2D eigenvalue weighted by Crippen LogP contribution is 2.22. The summed E-state index contributed by atoms with van der Waals surface area (Å²) in [7, 11) is 0. The monoisotopic (exact) mass is 1530 g/mol. The van der Waals surface area contributed by atoms with Crippen molar-refractivity contribution in [3.63, 3.8) is 0 Å². The quantitative estimate of drug-likeness (QED) is 0.0250. The van der Waals surface area contributed by atoms with Crippen LogP contribution in [0.25, 0.3) is 10.9 Å². The van der Waals surface area contributed by atoms with E-state index in [2.05, 4.69) is 74.1 Å². The Morgan fingerprint density at radius 2 is 1.02 bits per heavy atom. The lowest BCUT2D eigenvalue weighted by Gasteiger charge is -2.28. The summed E-state index contributed by atoms with van der Waals surface area (Å²) < 4.78 is 0. The van der Waals surface area contributed by atoms with Crippen LogP contribution in [0.1, 0.15) is 125 Å². The van der Waals surface area contributed by atoms with Gasteiger partial charge in [0, 0.05) is 36.5 Å². The molecule has 109 heavy (non-hydrogen) atoms. The molecule has 2 aromatic carbocycles. The molecule has 0 spiro atoms. The minimum absolute atomic E-state index is 0.00316. The Morgan fingerprint density at radius 3 is 1.58 bits per heavy atom. The fourth-order valence-corrected chi connectivity index (χ4v) is 11.7. The summed E-state index contributed by atoms with van der Waals surface area (Å²) in [6.07, 6.45) is -0.145. The van der Waals surface area contributed by atoms with Crippen molar-refractivity contribution in [2.75, 3.05) is 39.3 Å². The highest BCUT2D eigenvalue weighted by atomic mass is 16.3. The Hall–Kier alpha value is -10.9. The van der Waals surface area contributed by atoms with Crippen LogP contribution in [-0.2, 0) is 89.6 Å². The summed E-state index contributed by atoms with van der Waals surface area (Å²) in [5, 5.41) is 63.9.